The van der Waals surface area contributed by atoms with Crippen LogP contribution in [0.15, 0.2) is 12.1 Å². The van der Waals surface area contributed by atoms with Gasteiger partial charge in [-0.25, -0.2) is 4.39 Å². The molecule has 2 N–H and O–H groups in total. The van der Waals surface area contributed by atoms with Crippen molar-refractivity contribution in [3.8, 4) is 5.75 Å². The van der Waals surface area contributed by atoms with Crippen molar-refractivity contribution in [1.29, 1.82) is 0 Å². The quantitative estimate of drug-likeness (QED) is 0.875. The number of benzene rings is 1. The summed E-state index contributed by atoms with van der Waals surface area (Å²) in [5.74, 6) is 0.529. The van der Waals surface area contributed by atoms with Crippen LogP contribution in [0.3, 0.4) is 0 Å². The Bertz CT molecular complexity index is 424. The van der Waals surface area contributed by atoms with E-state index in [-0.39, 0.29) is 17.3 Å². The lowest BCUT2D eigenvalue weighted by Gasteiger charge is -2.39. The molecule has 0 unspecified atom stereocenters. The Labute approximate surface area is 102 Å². The molecule has 0 amide bonds. The van der Waals surface area contributed by atoms with Gasteiger partial charge in [-0.05, 0) is 36.8 Å². The fourth-order valence-electron chi connectivity index (χ4n) is 2.40. The first kappa shape index (κ1) is 12.4. The standard InChI is InChI=1S/C14H20FNO/c1-9(2)10-7-11(14(16)5-4-6-14)13(17-3)8-12(10)15/h7-9H,4-6,16H2,1-3H3. The molecule has 0 bridgehead atoms. The molecular formula is C14H20FNO. The molecule has 1 aliphatic rings. The van der Waals surface area contributed by atoms with E-state index < -0.39 is 0 Å². The number of hydrogen-bond acceptors (Lipinski definition) is 2. The number of rotatable bonds is 3. The van der Waals surface area contributed by atoms with Crippen molar-refractivity contribution in [2.24, 2.45) is 5.73 Å². The minimum absolute atomic E-state index is 0.156. The summed E-state index contributed by atoms with van der Waals surface area (Å²) >= 11 is 0. The average Bonchev–Trinajstić information content (AvgIpc) is 2.25. The highest BCUT2D eigenvalue weighted by Crippen LogP contribution is 2.44. The van der Waals surface area contributed by atoms with Crippen molar-refractivity contribution in [2.45, 2.75) is 44.6 Å². The summed E-state index contributed by atoms with van der Waals surface area (Å²) in [6.07, 6.45) is 3.03. The Morgan fingerprint density at radius 2 is 2.00 bits per heavy atom. The molecule has 0 spiro atoms. The monoisotopic (exact) mass is 237 g/mol. The Balaban J connectivity index is 2.52. The fraction of sp³-hybridized carbons (Fsp3) is 0.571. The van der Waals surface area contributed by atoms with E-state index in [1.165, 1.54) is 6.07 Å². The summed E-state index contributed by atoms with van der Waals surface area (Å²) in [4.78, 5) is 0. The number of nitrogens with two attached hydrogens (primary N) is 1. The molecule has 1 aromatic rings. The van der Waals surface area contributed by atoms with Crippen LogP contribution >= 0.6 is 0 Å². The Hall–Kier alpha value is -1.09. The van der Waals surface area contributed by atoms with Gasteiger partial charge < -0.3 is 10.5 Å². The van der Waals surface area contributed by atoms with Gasteiger partial charge in [0.25, 0.3) is 0 Å². The van der Waals surface area contributed by atoms with E-state index in [4.69, 9.17) is 10.5 Å². The molecule has 1 fully saturated rings. The van der Waals surface area contributed by atoms with Gasteiger partial charge >= 0.3 is 0 Å². The second-order valence-corrected chi connectivity index (χ2v) is 5.24. The lowest BCUT2D eigenvalue weighted by molar-refractivity contribution is 0.243. The highest BCUT2D eigenvalue weighted by Gasteiger charge is 2.37. The van der Waals surface area contributed by atoms with Gasteiger partial charge in [-0.15, -0.1) is 0 Å². The zero-order valence-corrected chi connectivity index (χ0v) is 10.7. The van der Waals surface area contributed by atoms with E-state index >= 15 is 0 Å². The lowest BCUT2D eigenvalue weighted by atomic mass is 9.71. The van der Waals surface area contributed by atoms with Crippen molar-refractivity contribution < 1.29 is 9.13 Å². The first-order valence-electron chi connectivity index (χ1n) is 6.15. The van der Waals surface area contributed by atoms with Crippen LogP contribution in [0.5, 0.6) is 5.75 Å². The molecule has 17 heavy (non-hydrogen) atoms. The Morgan fingerprint density at radius 1 is 1.35 bits per heavy atom. The van der Waals surface area contributed by atoms with E-state index in [0.29, 0.717) is 5.75 Å². The highest BCUT2D eigenvalue weighted by molar-refractivity contribution is 5.44. The third-order valence-electron chi connectivity index (χ3n) is 3.72. The summed E-state index contributed by atoms with van der Waals surface area (Å²) in [6.45, 7) is 3.97. The molecule has 2 rings (SSSR count). The van der Waals surface area contributed by atoms with Gasteiger partial charge in [0.15, 0.2) is 0 Å². The number of hydrogen-bond donors (Lipinski definition) is 1. The van der Waals surface area contributed by atoms with E-state index in [9.17, 15) is 4.39 Å². The van der Waals surface area contributed by atoms with Gasteiger partial charge in [-0.1, -0.05) is 13.8 Å². The third-order valence-corrected chi connectivity index (χ3v) is 3.72. The normalized spacial score (nSPS) is 18.0. The second kappa shape index (κ2) is 4.30. The highest BCUT2D eigenvalue weighted by atomic mass is 19.1. The summed E-state index contributed by atoms with van der Waals surface area (Å²) < 4.78 is 19.1. The molecule has 0 radical (unpaired) electrons. The summed E-state index contributed by atoms with van der Waals surface area (Å²) in [6, 6.07) is 3.36. The fourth-order valence-corrected chi connectivity index (χ4v) is 2.40. The average molecular weight is 237 g/mol. The molecular weight excluding hydrogens is 217 g/mol. The SMILES string of the molecule is COc1cc(F)c(C(C)C)cc1C1(N)CCC1. The first-order valence-corrected chi connectivity index (χ1v) is 6.15. The molecule has 2 nitrogen and oxygen atoms in total. The minimum atomic E-state index is -0.317. The molecule has 0 aromatic heterocycles. The molecule has 3 heteroatoms. The molecule has 1 aromatic carbocycles. The van der Waals surface area contributed by atoms with Crippen molar-refractivity contribution in [1.82, 2.24) is 0 Å². The van der Waals surface area contributed by atoms with Crippen LogP contribution in [-0.4, -0.2) is 7.11 Å². The predicted octanol–water partition coefficient (Wildman–Crippen LogP) is 3.30. The molecule has 1 aliphatic carbocycles. The van der Waals surface area contributed by atoms with E-state index in [1.54, 1.807) is 7.11 Å². The minimum Gasteiger partial charge on any atom is -0.496 e. The molecule has 0 aliphatic heterocycles. The van der Waals surface area contributed by atoms with Crippen LogP contribution in [0, 0.1) is 5.82 Å². The van der Waals surface area contributed by atoms with Gasteiger partial charge in [-0.2, -0.15) is 0 Å². The smallest absolute Gasteiger partial charge is 0.130 e. The zero-order valence-electron chi connectivity index (χ0n) is 10.7. The maximum atomic E-state index is 13.9. The summed E-state index contributed by atoms with van der Waals surface area (Å²) in [7, 11) is 1.56. The molecule has 0 heterocycles. The maximum Gasteiger partial charge on any atom is 0.130 e. The van der Waals surface area contributed by atoms with Crippen molar-refractivity contribution in [2.75, 3.05) is 7.11 Å². The maximum absolute atomic E-state index is 13.9. The van der Waals surface area contributed by atoms with E-state index in [0.717, 1.165) is 30.4 Å². The van der Waals surface area contributed by atoms with Crippen molar-refractivity contribution in [3.63, 3.8) is 0 Å². The second-order valence-electron chi connectivity index (χ2n) is 5.24. The van der Waals surface area contributed by atoms with Crippen LogP contribution < -0.4 is 10.5 Å². The van der Waals surface area contributed by atoms with Crippen LogP contribution in [-0.2, 0) is 5.54 Å². The summed E-state index contributed by atoms with van der Waals surface area (Å²) in [5.41, 5.74) is 7.68. The summed E-state index contributed by atoms with van der Waals surface area (Å²) in [5, 5.41) is 0. The molecule has 94 valence electrons. The Kier molecular flexibility index (Phi) is 3.13. The van der Waals surface area contributed by atoms with Crippen molar-refractivity contribution >= 4 is 0 Å². The predicted molar refractivity (Wildman–Crippen MR) is 66.8 cm³/mol. The topological polar surface area (TPSA) is 35.2 Å². The van der Waals surface area contributed by atoms with Crippen LogP contribution in [0.25, 0.3) is 0 Å². The molecule has 0 saturated heterocycles. The first-order chi connectivity index (χ1) is 7.98. The van der Waals surface area contributed by atoms with Gasteiger partial charge in [0, 0.05) is 17.2 Å². The third kappa shape index (κ3) is 2.04. The number of methoxy groups -OCH3 is 1. The van der Waals surface area contributed by atoms with Crippen molar-refractivity contribution in [3.05, 3.63) is 29.1 Å². The van der Waals surface area contributed by atoms with Crippen LogP contribution in [0.4, 0.5) is 4.39 Å². The van der Waals surface area contributed by atoms with Crippen LogP contribution in [0.2, 0.25) is 0 Å². The van der Waals surface area contributed by atoms with Gasteiger partial charge in [0.1, 0.15) is 11.6 Å². The number of halogens is 1. The number of ether oxygens (including phenoxy) is 1. The van der Waals surface area contributed by atoms with Gasteiger partial charge in [0.2, 0.25) is 0 Å². The van der Waals surface area contributed by atoms with Crippen LogP contribution in [0.1, 0.15) is 50.2 Å². The van der Waals surface area contributed by atoms with Gasteiger partial charge in [0.05, 0.1) is 7.11 Å². The Morgan fingerprint density at radius 3 is 2.41 bits per heavy atom. The zero-order chi connectivity index (χ0) is 12.6. The molecule has 0 atom stereocenters. The van der Waals surface area contributed by atoms with E-state index in [1.807, 2.05) is 19.9 Å². The van der Waals surface area contributed by atoms with Gasteiger partial charge in [-0.3, -0.25) is 0 Å². The molecule has 1 saturated carbocycles. The van der Waals surface area contributed by atoms with E-state index in [2.05, 4.69) is 0 Å². The largest absolute Gasteiger partial charge is 0.496 e. The lowest BCUT2D eigenvalue weighted by Crippen LogP contribution is -2.43.